The Morgan fingerprint density at radius 3 is 2.66 bits per heavy atom. The van der Waals surface area contributed by atoms with Gasteiger partial charge in [-0.3, -0.25) is 4.57 Å². The van der Waals surface area contributed by atoms with Gasteiger partial charge in [-0.2, -0.15) is 15.1 Å². The van der Waals surface area contributed by atoms with Crippen LogP contribution < -0.4 is 5.32 Å². The average Bonchev–Trinajstić information content (AvgIpc) is 3.48. The van der Waals surface area contributed by atoms with Crippen LogP contribution in [0, 0.1) is 0 Å². The summed E-state index contributed by atoms with van der Waals surface area (Å²) in [6.07, 6.45) is 2.85. The van der Waals surface area contributed by atoms with Gasteiger partial charge in [-0.15, -0.1) is 0 Å². The Labute approximate surface area is 250 Å². The molecule has 4 rings (SSSR count). The van der Waals surface area contributed by atoms with Gasteiger partial charge in [0.15, 0.2) is 27.2 Å². The molecule has 15 heteroatoms. The number of anilines is 1. The van der Waals surface area contributed by atoms with Gasteiger partial charge in [-0.25, -0.2) is 13.1 Å². The Morgan fingerprint density at radius 2 is 1.95 bits per heavy atom. The number of sulfone groups is 1. The number of nitrogens with one attached hydrogen (secondary N) is 1. The Balaban J connectivity index is 1.45. The molecule has 0 bridgehead atoms. The molecule has 3 heterocycles. The Morgan fingerprint density at radius 1 is 1.20 bits per heavy atom. The SMILES string of the molecule is CCCCOP(=O)(CS(=O)(=O)C[C@@H]1CC[C@H](n2ncc3c(NCc4ccccc4Cl)nc(Cl)nc32)O1)OC(C)(C)C. The first-order valence-corrected chi connectivity index (χ1v) is 17.8. The first-order chi connectivity index (χ1) is 19.3. The molecule has 1 aromatic carbocycles. The van der Waals surface area contributed by atoms with Crippen LogP contribution in [-0.2, 0) is 34.7 Å². The highest BCUT2D eigenvalue weighted by Gasteiger charge is 2.39. The lowest BCUT2D eigenvalue weighted by Crippen LogP contribution is -2.26. The smallest absolute Gasteiger partial charge is 0.346 e. The normalized spacial score (nSPS) is 19.5. The molecule has 11 nitrogen and oxygen atoms in total. The molecule has 0 spiro atoms. The Kier molecular flexibility index (Phi) is 10.4. The molecule has 3 atom stereocenters. The highest BCUT2D eigenvalue weighted by atomic mass is 35.5. The lowest BCUT2D eigenvalue weighted by Gasteiger charge is -2.27. The van der Waals surface area contributed by atoms with Crippen LogP contribution in [-0.4, -0.2) is 57.7 Å². The fourth-order valence-corrected chi connectivity index (χ4v) is 9.82. The second-order valence-corrected chi connectivity index (χ2v) is 16.2. The molecule has 1 saturated heterocycles. The third kappa shape index (κ3) is 8.86. The summed E-state index contributed by atoms with van der Waals surface area (Å²) in [7, 11) is -7.75. The maximum atomic E-state index is 13.4. The van der Waals surface area contributed by atoms with Crippen molar-refractivity contribution in [3.8, 4) is 0 Å². The van der Waals surface area contributed by atoms with Gasteiger partial charge in [0.2, 0.25) is 5.28 Å². The van der Waals surface area contributed by atoms with Crippen LogP contribution in [0.5, 0.6) is 0 Å². The number of aromatic nitrogens is 4. The zero-order valence-corrected chi connectivity index (χ0v) is 26.8. The number of fused-ring (bicyclic) bond motifs is 1. The number of unbranched alkanes of at least 4 members (excludes halogenated alkanes) is 1. The molecule has 0 saturated carbocycles. The van der Waals surface area contributed by atoms with Crippen molar-refractivity contribution in [1.29, 1.82) is 0 Å². The molecule has 1 fully saturated rings. The molecule has 226 valence electrons. The number of hydrogen-bond acceptors (Lipinski definition) is 10. The van der Waals surface area contributed by atoms with Crippen LogP contribution in [0.2, 0.25) is 10.3 Å². The molecule has 2 aromatic heterocycles. The van der Waals surface area contributed by atoms with Crippen LogP contribution in [0.4, 0.5) is 5.82 Å². The van der Waals surface area contributed by atoms with E-state index in [2.05, 4.69) is 20.4 Å². The summed E-state index contributed by atoms with van der Waals surface area (Å²) in [6, 6.07) is 7.47. The molecule has 1 aliphatic heterocycles. The van der Waals surface area contributed by atoms with E-state index in [1.807, 2.05) is 31.2 Å². The quantitative estimate of drug-likeness (QED) is 0.122. The number of halogens is 2. The summed E-state index contributed by atoms with van der Waals surface area (Å²) in [4.78, 5) is 8.66. The van der Waals surface area contributed by atoms with E-state index in [0.717, 1.165) is 12.0 Å². The largest absolute Gasteiger partial charge is 0.365 e. The number of rotatable bonds is 13. The lowest BCUT2D eigenvalue weighted by atomic mass is 10.2. The molecule has 0 radical (unpaired) electrons. The molecule has 1 N–H and O–H groups in total. The van der Waals surface area contributed by atoms with Crippen molar-refractivity contribution in [2.45, 2.75) is 77.9 Å². The van der Waals surface area contributed by atoms with Gasteiger partial charge in [0.1, 0.15) is 5.82 Å². The first kappa shape index (κ1) is 32.1. The van der Waals surface area contributed by atoms with E-state index < -0.39 is 40.9 Å². The van der Waals surface area contributed by atoms with E-state index in [-0.39, 0.29) is 17.6 Å². The minimum absolute atomic E-state index is 0.0238. The third-order valence-electron chi connectivity index (χ3n) is 6.18. The van der Waals surface area contributed by atoms with Crippen LogP contribution in [0.25, 0.3) is 11.0 Å². The molecule has 1 unspecified atom stereocenters. The van der Waals surface area contributed by atoms with Gasteiger partial charge in [0, 0.05) is 11.6 Å². The van der Waals surface area contributed by atoms with Crippen molar-refractivity contribution in [3.05, 3.63) is 46.3 Å². The predicted molar refractivity (Wildman–Crippen MR) is 160 cm³/mol. The summed E-state index contributed by atoms with van der Waals surface area (Å²) in [5.41, 5.74) is -0.203. The third-order valence-corrected chi connectivity index (χ3v) is 11.8. The van der Waals surface area contributed by atoms with E-state index in [1.54, 1.807) is 31.6 Å². The standard InChI is InChI=1S/C26H36Cl2N5O6PS/c1-5-6-13-37-40(34,39-26(2,3)4)17-41(35,36)16-19-11-12-22(38-19)33-24-20(15-30-33)23(31-25(28)32-24)29-14-18-9-7-8-10-21(18)27/h7-10,15,19,22H,5-6,11-14,16-17H2,1-4H3,(H,29,31,32)/t19-,22+,40?/m0/s1. The highest BCUT2D eigenvalue weighted by Crippen LogP contribution is 2.53. The maximum Gasteiger partial charge on any atom is 0.346 e. The van der Waals surface area contributed by atoms with Crippen molar-refractivity contribution >= 4 is 57.5 Å². The summed E-state index contributed by atoms with van der Waals surface area (Å²) < 4.78 is 58.5. The second kappa shape index (κ2) is 13.2. The van der Waals surface area contributed by atoms with Crippen molar-refractivity contribution in [1.82, 2.24) is 19.7 Å². The molecule has 41 heavy (non-hydrogen) atoms. The summed E-state index contributed by atoms with van der Waals surface area (Å²) in [6.45, 7) is 7.67. The van der Waals surface area contributed by atoms with Gasteiger partial charge in [-0.1, -0.05) is 43.1 Å². The minimum atomic E-state index is -3.90. The Bertz CT molecular complexity index is 1510. The summed E-state index contributed by atoms with van der Waals surface area (Å²) in [5.74, 6) is 0.165. The van der Waals surface area contributed by atoms with E-state index in [1.165, 1.54) is 0 Å². The average molecular weight is 649 g/mol. The Hall–Kier alpha value is -1.79. The van der Waals surface area contributed by atoms with Gasteiger partial charge in [0.05, 0.1) is 35.6 Å². The van der Waals surface area contributed by atoms with Crippen molar-refractivity contribution in [3.63, 3.8) is 0 Å². The van der Waals surface area contributed by atoms with Crippen molar-refractivity contribution in [2.24, 2.45) is 0 Å². The minimum Gasteiger partial charge on any atom is -0.365 e. The number of ether oxygens (including phenoxy) is 1. The van der Waals surface area contributed by atoms with Crippen molar-refractivity contribution in [2.75, 3.05) is 23.2 Å². The second-order valence-electron chi connectivity index (χ2n) is 10.9. The molecule has 0 aliphatic carbocycles. The van der Waals surface area contributed by atoms with E-state index in [9.17, 15) is 13.0 Å². The van der Waals surface area contributed by atoms with E-state index in [0.29, 0.717) is 47.7 Å². The van der Waals surface area contributed by atoms with Gasteiger partial charge in [-0.05, 0) is 63.3 Å². The summed E-state index contributed by atoms with van der Waals surface area (Å²) in [5, 5.41) is 8.98. The van der Waals surface area contributed by atoms with E-state index in [4.69, 9.17) is 37.0 Å². The van der Waals surface area contributed by atoms with Crippen LogP contribution in [0.15, 0.2) is 30.5 Å². The maximum absolute atomic E-state index is 13.4. The highest BCUT2D eigenvalue weighted by molar-refractivity contribution is 7.97. The number of benzene rings is 1. The predicted octanol–water partition coefficient (Wildman–Crippen LogP) is 6.62. The van der Waals surface area contributed by atoms with Gasteiger partial charge < -0.3 is 19.1 Å². The topological polar surface area (TPSA) is 135 Å². The van der Waals surface area contributed by atoms with Crippen molar-refractivity contribution < 1.29 is 26.8 Å². The van der Waals surface area contributed by atoms with Crippen LogP contribution >= 0.6 is 30.8 Å². The van der Waals surface area contributed by atoms with Crippen LogP contribution in [0.1, 0.15) is 65.2 Å². The van der Waals surface area contributed by atoms with Gasteiger partial charge in [0.25, 0.3) is 0 Å². The van der Waals surface area contributed by atoms with E-state index >= 15 is 0 Å². The number of hydrogen-bond donors (Lipinski definition) is 1. The first-order valence-electron chi connectivity index (χ1n) is 13.5. The zero-order chi connectivity index (χ0) is 29.8. The monoisotopic (exact) mass is 647 g/mol. The molecule has 0 amide bonds. The fraction of sp³-hybridized carbons (Fsp3) is 0.577. The summed E-state index contributed by atoms with van der Waals surface area (Å²) >= 11 is 12.5. The lowest BCUT2D eigenvalue weighted by molar-refractivity contribution is 0.00721. The van der Waals surface area contributed by atoms with Crippen LogP contribution in [0.3, 0.4) is 0 Å². The number of nitrogens with zero attached hydrogens (tertiary/aromatic N) is 4. The molecule has 1 aliphatic rings. The fourth-order valence-electron chi connectivity index (χ4n) is 4.49. The molecule has 3 aromatic rings. The molecular formula is C26H36Cl2N5O6PS. The van der Waals surface area contributed by atoms with Gasteiger partial charge >= 0.3 is 7.60 Å². The molecular weight excluding hydrogens is 612 g/mol. The zero-order valence-electron chi connectivity index (χ0n) is 23.5.